The molecule has 0 aliphatic carbocycles. The fraction of sp³-hybridized carbons (Fsp3) is 0.278. The van der Waals surface area contributed by atoms with Crippen LogP contribution >= 0.6 is 0 Å². The molecular weight excluding hydrogens is 288 g/mol. The van der Waals surface area contributed by atoms with Gasteiger partial charge in [0.25, 0.3) is 5.91 Å². The van der Waals surface area contributed by atoms with Crippen LogP contribution in [0.25, 0.3) is 5.65 Å². The van der Waals surface area contributed by atoms with Crippen LogP contribution in [0.15, 0.2) is 36.5 Å². The summed E-state index contributed by atoms with van der Waals surface area (Å²) in [4.78, 5) is 17.1. The molecule has 0 spiro atoms. The lowest BCUT2D eigenvalue weighted by Crippen LogP contribution is -2.13. The smallest absolute Gasteiger partial charge is 0.255 e. The van der Waals surface area contributed by atoms with Crippen LogP contribution in [-0.2, 0) is 0 Å². The number of pyridine rings is 1. The van der Waals surface area contributed by atoms with E-state index in [0.29, 0.717) is 16.9 Å². The SMILES string of the molecule is Cc1cc(C)cc(C(=O)Nc2cccn3nc(C(C)C)nc23)c1. The van der Waals surface area contributed by atoms with E-state index >= 15 is 0 Å². The number of amides is 1. The number of hydrogen-bond donors (Lipinski definition) is 1. The fourth-order valence-corrected chi connectivity index (χ4v) is 2.57. The van der Waals surface area contributed by atoms with E-state index in [2.05, 4.69) is 15.4 Å². The van der Waals surface area contributed by atoms with E-state index in [1.807, 2.05) is 64.2 Å². The second kappa shape index (κ2) is 5.83. The van der Waals surface area contributed by atoms with Gasteiger partial charge < -0.3 is 5.32 Å². The van der Waals surface area contributed by atoms with Crippen molar-refractivity contribution < 1.29 is 4.79 Å². The van der Waals surface area contributed by atoms with Crippen LogP contribution in [0.2, 0.25) is 0 Å². The third-order valence-corrected chi connectivity index (χ3v) is 3.63. The standard InChI is InChI=1S/C18H20N4O/c1-11(2)16-20-17-15(6-5-7-22(17)21-16)19-18(23)14-9-12(3)8-13(4)10-14/h5-11H,1-4H3,(H,19,23). The van der Waals surface area contributed by atoms with Gasteiger partial charge >= 0.3 is 0 Å². The average Bonchev–Trinajstić information content (AvgIpc) is 2.91. The summed E-state index contributed by atoms with van der Waals surface area (Å²) in [6.45, 7) is 8.06. The van der Waals surface area contributed by atoms with E-state index in [9.17, 15) is 4.79 Å². The molecule has 1 amide bonds. The third-order valence-electron chi connectivity index (χ3n) is 3.63. The first-order valence-corrected chi connectivity index (χ1v) is 7.69. The Morgan fingerprint density at radius 3 is 2.52 bits per heavy atom. The van der Waals surface area contributed by atoms with Crippen molar-refractivity contribution in [1.82, 2.24) is 14.6 Å². The molecule has 2 heterocycles. The second-order valence-corrected chi connectivity index (χ2v) is 6.15. The van der Waals surface area contributed by atoms with E-state index in [1.165, 1.54) is 0 Å². The number of aryl methyl sites for hydroxylation is 2. The van der Waals surface area contributed by atoms with Crippen LogP contribution in [0.4, 0.5) is 5.69 Å². The van der Waals surface area contributed by atoms with Crippen molar-refractivity contribution in [3.8, 4) is 0 Å². The lowest BCUT2D eigenvalue weighted by Gasteiger charge is -2.07. The van der Waals surface area contributed by atoms with Gasteiger partial charge in [-0.3, -0.25) is 4.79 Å². The van der Waals surface area contributed by atoms with Crippen molar-refractivity contribution in [2.24, 2.45) is 0 Å². The summed E-state index contributed by atoms with van der Waals surface area (Å²) in [5, 5.41) is 7.38. The minimum atomic E-state index is -0.140. The number of carbonyl (C=O) groups excluding carboxylic acids is 1. The summed E-state index contributed by atoms with van der Waals surface area (Å²) in [6, 6.07) is 9.50. The first-order valence-electron chi connectivity index (χ1n) is 7.69. The van der Waals surface area contributed by atoms with Crippen molar-refractivity contribution in [3.63, 3.8) is 0 Å². The van der Waals surface area contributed by atoms with Crippen LogP contribution in [0.1, 0.15) is 47.1 Å². The number of fused-ring (bicyclic) bond motifs is 1. The van der Waals surface area contributed by atoms with Gasteiger partial charge in [0.15, 0.2) is 11.5 Å². The Morgan fingerprint density at radius 1 is 1.17 bits per heavy atom. The highest BCUT2D eigenvalue weighted by atomic mass is 16.1. The van der Waals surface area contributed by atoms with Crippen LogP contribution in [0.3, 0.4) is 0 Å². The zero-order chi connectivity index (χ0) is 16.6. The highest BCUT2D eigenvalue weighted by Gasteiger charge is 2.13. The maximum atomic E-state index is 12.5. The summed E-state index contributed by atoms with van der Waals surface area (Å²) in [5.41, 5.74) is 4.11. The summed E-state index contributed by atoms with van der Waals surface area (Å²) >= 11 is 0. The Balaban J connectivity index is 1.96. The second-order valence-electron chi connectivity index (χ2n) is 6.15. The summed E-state index contributed by atoms with van der Waals surface area (Å²) < 4.78 is 1.70. The van der Waals surface area contributed by atoms with Crippen LogP contribution in [-0.4, -0.2) is 20.5 Å². The van der Waals surface area contributed by atoms with E-state index in [4.69, 9.17) is 0 Å². The quantitative estimate of drug-likeness (QED) is 0.802. The average molecular weight is 308 g/mol. The third kappa shape index (κ3) is 3.08. The molecule has 0 radical (unpaired) electrons. The summed E-state index contributed by atoms with van der Waals surface area (Å²) in [6.07, 6.45) is 1.83. The Hall–Kier alpha value is -2.69. The van der Waals surface area contributed by atoms with Gasteiger partial charge in [-0.25, -0.2) is 9.50 Å². The van der Waals surface area contributed by atoms with Gasteiger partial charge in [0.1, 0.15) is 0 Å². The molecule has 3 aromatic rings. The van der Waals surface area contributed by atoms with Crippen molar-refractivity contribution in [1.29, 1.82) is 0 Å². The number of nitrogens with one attached hydrogen (secondary N) is 1. The molecule has 5 heteroatoms. The van der Waals surface area contributed by atoms with E-state index in [0.717, 1.165) is 17.0 Å². The first-order chi connectivity index (χ1) is 10.9. The Labute approximate surface area is 135 Å². The summed E-state index contributed by atoms with van der Waals surface area (Å²) in [5.74, 6) is 0.856. The molecule has 0 bridgehead atoms. The molecule has 0 atom stereocenters. The molecule has 0 unspecified atom stereocenters. The van der Waals surface area contributed by atoms with E-state index in [-0.39, 0.29) is 11.8 Å². The van der Waals surface area contributed by atoms with Gasteiger partial charge in [-0.1, -0.05) is 31.0 Å². The molecule has 118 valence electrons. The van der Waals surface area contributed by atoms with Gasteiger partial charge in [-0.05, 0) is 38.1 Å². The Morgan fingerprint density at radius 2 is 1.87 bits per heavy atom. The number of anilines is 1. The number of benzene rings is 1. The largest absolute Gasteiger partial charge is 0.319 e. The van der Waals surface area contributed by atoms with Crippen LogP contribution in [0.5, 0.6) is 0 Å². The number of aromatic nitrogens is 3. The minimum absolute atomic E-state index is 0.140. The van der Waals surface area contributed by atoms with Gasteiger partial charge in [0, 0.05) is 17.7 Å². The van der Waals surface area contributed by atoms with E-state index in [1.54, 1.807) is 4.52 Å². The maximum absolute atomic E-state index is 12.5. The predicted molar refractivity (Wildman–Crippen MR) is 90.9 cm³/mol. The van der Waals surface area contributed by atoms with Crippen LogP contribution < -0.4 is 5.32 Å². The molecule has 23 heavy (non-hydrogen) atoms. The maximum Gasteiger partial charge on any atom is 0.255 e. The van der Waals surface area contributed by atoms with Crippen molar-refractivity contribution in [3.05, 3.63) is 59.0 Å². The van der Waals surface area contributed by atoms with Gasteiger partial charge in [0.2, 0.25) is 0 Å². The molecule has 1 N–H and O–H groups in total. The Bertz CT molecular complexity index is 860. The predicted octanol–water partition coefficient (Wildman–Crippen LogP) is 3.72. The number of rotatable bonds is 3. The summed E-state index contributed by atoms with van der Waals surface area (Å²) in [7, 11) is 0. The topological polar surface area (TPSA) is 59.3 Å². The van der Waals surface area contributed by atoms with Gasteiger partial charge in [0.05, 0.1) is 5.69 Å². The molecule has 0 saturated carbocycles. The fourth-order valence-electron chi connectivity index (χ4n) is 2.57. The van der Waals surface area contributed by atoms with Gasteiger partial charge in [-0.2, -0.15) is 5.10 Å². The zero-order valence-corrected chi connectivity index (χ0v) is 13.8. The minimum Gasteiger partial charge on any atom is -0.319 e. The molecule has 5 nitrogen and oxygen atoms in total. The highest BCUT2D eigenvalue weighted by Crippen LogP contribution is 2.19. The molecule has 0 saturated heterocycles. The lowest BCUT2D eigenvalue weighted by atomic mass is 10.1. The highest BCUT2D eigenvalue weighted by molar-refractivity contribution is 6.06. The zero-order valence-electron chi connectivity index (χ0n) is 13.8. The first kappa shape index (κ1) is 15.2. The Kier molecular flexibility index (Phi) is 3.86. The van der Waals surface area contributed by atoms with Gasteiger partial charge in [-0.15, -0.1) is 0 Å². The molecule has 0 fully saturated rings. The molecule has 0 aliphatic heterocycles. The lowest BCUT2D eigenvalue weighted by molar-refractivity contribution is 0.102. The normalized spacial score (nSPS) is 11.2. The molecule has 0 aliphatic rings. The van der Waals surface area contributed by atoms with Crippen molar-refractivity contribution >= 4 is 17.2 Å². The number of carbonyl (C=O) groups is 1. The van der Waals surface area contributed by atoms with Crippen LogP contribution in [0, 0.1) is 13.8 Å². The van der Waals surface area contributed by atoms with Crippen molar-refractivity contribution in [2.75, 3.05) is 5.32 Å². The molecule has 3 rings (SSSR count). The molecule has 1 aromatic carbocycles. The molecule has 2 aromatic heterocycles. The monoisotopic (exact) mass is 308 g/mol. The van der Waals surface area contributed by atoms with E-state index < -0.39 is 0 Å². The molecular formula is C18H20N4O. The number of nitrogens with zero attached hydrogens (tertiary/aromatic N) is 3. The van der Waals surface area contributed by atoms with Crippen molar-refractivity contribution in [2.45, 2.75) is 33.6 Å². The number of hydrogen-bond acceptors (Lipinski definition) is 3.